The molecule has 1 aromatic heterocycles. The van der Waals surface area contributed by atoms with Crippen LogP contribution in [0.5, 0.6) is 23.0 Å². The van der Waals surface area contributed by atoms with Crippen molar-refractivity contribution in [2.24, 2.45) is 0 Å². The van der Waals surface area contributed by atoms with Crippen molar-refractivity contribution in [1.82, 2.24) is 20.1 Å². The second-order valence-corrected chi connectivity index (χ2v) is 9.19. The first-order chi connectivity index (χ1) is 19.4. The summed E-state index contributed by atoms with van der Waals surface area (Å²) in [5.41, 5.74) is 1.67. The molecule has 40 heavy (non-hydrogen) atoms. The van der Waals surface area contributed by atoms with Gasteiger partial charge in [-0.15, -0.1) is 10.2 Å². The SMILES string of the molecule is COc1ccc(NC(=O)CSc2nnc(CNC(=O)c3cccc(OC)c3)n2-c2cc(OC)ccc2OC)cc1. The number of ether oxygens (including phenoxy) is 4. The molecule has 3 aromatic carbocycles. The van der Waals surface area contributed by atoms with Gasteiger partial charge in [0.25, 0.3) is 5.91 Å². The highest BCUT2D eigenvalue weighted by Gasteiger charge is 2.20. The number of nitrogens with one attached hydrogen (secondary N) is 2. The monoisotopic (exact) mass is 563 g/mol. The van der Waals surface area contributed by atoms with Gasteiger partial charge in [0.05, 0.1) is 46.4 Å². The van der Waals surface area contributed by atoms with Crippen LogP contribution in [0.25, 0.3) is 5.69 Å². The summed E-state index contributed by atoms with van der Waals surface area (Å²) >= 11 is 1.19. The number of aromatic nitrogens is 3. The van der Waals surface area contributed by atoms with Crippen molar-refractivity contribution >= 4 is 29.3 Å². The van der Waals surface area contributed by atoms with Crippen molar-refractivity contribution in [1.29, 1.82) is 0 Å². The third kappa shape index (κ3) is 6.83. The van der Waals surface area contributed by atoms with E-state index in [0.29, 0.717) is 50.9 Å². The molecule has 0 spiro atoms. The Morgan fingerprint density at radius 2 is 1.52 bits per heavy atom. The van der Waals surface area contributed by atoms with Crippen LogP contribution in [0.3, 0.4) is 0 Å². The van der Waals surface area contributed by atoms with Crippen LogP contribution in [0, 0.1) is 0 Å². The quantitative estimate of drug-likeness (QED) is 0.246. The molecular weight excluding hydrogens is 534 g/mol. The lowest BCUT2D eigenvalue weighted by molar-refractivity contribution is -0.113. The highest BCUT2D eigenvalue weighted by Crippen LogP contribution is 2.32. The van der Waals surface area contributed by atoms with Gasteiger partial charge in [0.2, 0.25) is 5.91 Å². The number of thioether (sulfide) groups is 1. The van der Waals surface area contributed by atoms with E-state index < -0.39 is 0 Å². The summed E-state index contributed by atoms with van der Waals surface area (Å²) < 4.78 is 23.1. The molecule has 0 saturated heterocycles. The van der Waals surface area contributed by atoms with Gasteiger partial charge in [-0.05, 0) is 54.6 Å². The lowest BCUT2D eigenvalue weighted by atomic mass is 10.2. The van der Waals surface area contributed by atoms with E-state index in [4.69, 9.17) is 18.9 Å². The highest BCUT2D eigenvalue weighted by molar-refractivity contribution is 7.99. The summed E-state index contributed by atoms with van der Waals surface area (Å²) in [6, 6.07) is 19.2. The summed E-state index contributed by atoms with van der Waals surface area (Å²) in [5.74, 6) is 2.35. The molecule has 0 unspecified atom stereocenters. The molecule has 11 nitrogen and oxygen atoms in total. The second-order valence-electron chi connectivity index (χ2n) is 8.25. The minimum absolute atomic E-state index is 0.0576. The van der Waals surface area contributed by atoms with E-state index in [1.54, 1.807) is 92.6 Å². The molecule has 0 aliphatic carbocycles. The number of carbonyl (C=O) groups excluding carboxylic acids is 2. The minimum atomic E-state index is -0.306. The lowest BCUT2D eigenvalue weighted by Crippen LogP contribution is -2.24. The molecule has 0 atom stereocenters. The molecular formula is C28H29N5O6S. The molecule has 208 valence electrons. The molecule has 4 aromatic rings. The normalized spacial score (nSPS) is 10.5. The Hall–Kier alpha value is -4.71. The molecule has 4 rings (SSSR count). The van der Waals surface area contributed by atoms with Gasteiger partial charge in [-0.25, -0.2) is 0 Å². The van der Waals surface area contributed by atoms with E-state index in [1.165, 1.54) is 18.9 Å². The highest BCUT2D eigenvalue weighted by atomic mass is 32.2. The van der Waals surface area contributed by atoms with Crippen LogP contribution in [-0.2, 0) is 11.3 Å². The standard InChI is InChI=1S/C28H29N5O6S/c1-36-20-10-8-19(9-11-20)30-26(34)17-40-28-32-31-25(16-29-27(35)18-6-5-7-21(14-18)37-2)33(28)23-15-22(38-3)12-13-24(23)39-4/h5-15H,16-17H2,1-4H3,(H,29,35)(H,30,34). The van der Waals surface area contributed by atoms with Crippen LogP contribution in [-0.4, -0.2) is 60.8 Å². The molecule has 12 heteroatoms. The van der Waals surface area contributed by atoms with Gasteiger partial charge < -0.3 is 29.6 Å². The number of carbonyl (C=O) groups is 2. The second kappa shape index (κ2) is 13.4. The number of methoxy groups -OCH3 is 4. The van der Waals surface area contributed by atoms with Gasteiger partial charge in [-0.2, -0.15) is 0 Å². The number of rotatable bonds is 12. The van der Waals surface area contributed by atoms with Crippen molar-refractivity contribution in [3.05, 3.63) is 78.1 Å². The van der Waals surface area contributed by atoms with Gasteiger partial charge in [0.1, 0.15) is 23.0 Å². The maximum Gasteiger partial charge on any atom is 0.251 e. The summed E-state index contributed by atoms with van der Waals surface area (Å²) in [5, 5.41) is 14.8. The smallest absolute Gasteiger partial charge is 0.251 e. The van der Waals surface area contributed by atoms with E-state index in [2.05, 4.69) is 20.8 Å². The van der Waals surface area contributed by atoms with E-state index in [9.17, 15) is 9.59 Å². The van der Waals surface area contributed by atoms with Gasteiger partial charge >= 0.3 is 0 Å². The van der Waals surface area contributed by atoms with Crippen LogP contribution in [0.1, 0.15) is 16.2 Å². The van der Waals surface area contributed by atoms with Gasteiger partial charge in [-0.1, -0.05) is 17.8 Å². The third-order valence-corrected chi connectivity index (χ3v) is 6.70. The Kier molecular flexibility index (Phi) is 9.47. The van der Waals surface area contributed by atoms with Crippen LogP contribution < -0.4 is 29.6 Å². The Labute approximate surface area is 235 Å². The maximum atomic E-state index is 12.9. The van der Waals surface area contributed by atoms with Crippen molar-refractivity contribution in [2.45, 2.75) is 11.7 Å². The Balaban J connectivity index is 1.57. The molecule has 0 radical (unpaired) electrons. The largest absolute Gasteiger partial charge is 0.497 e. The molecule has 2 N–H and O–H groups in total. The summed E-state index contributed by atoms with van der Waals surface area (Å²) in [7, 11) is 6.23. The number of nitrogens with zero attached hydrogens (tertiary/aromatic N) is 3. The fraction of sp³-hybridized carbons (Fsp3) is 0.214. The topological polar surface area (TPSA) is 126 Å². The fourth-order valence-electron chi connectivity index (χ4n) is 3.75. The Bertz CT molecular complexity index is 1470. The number of hydrogen-bond acceptors (Lipinski definition) is 9. The average molecular weight is 564 g/mol. The van der Waals surface area contributed by atoms with Crippen LogP contribution in [0.15, 0.2) is 71.9 Å². The van der Waals surface area contributed by atoms with E-state index in [-0.39, 0.29) is 24.1 Å². The number of hydrogen-bond donors (Lipinski definition) is 2. The molecule has 0 fully saturated rings. The first kappa shape index (κ1) is 28.3. The first-order valence-electron chi connectivity index (χ1n) is 12.1. The van der Waals surface area contributed by atoms with Crippen molar-refractivity contribution < 1.29 is 28.5 Å². The van der Waals surface area contributed by atoms with Crippen molar-refractivity contribution in [3.8, 4) is 28.7 Å². The predicted molar refractivity (Wildman–Crippen MR) is 151 cm³/mol. The Morgan fingerprint density at radius 1 is 0.825 bits per heavy atom. The summed E-state index contributed by atoms with van der Waals surface area (Å²) in [4.78, 5) is 25.6. The Morgan fingerprint density at radius 3 is 2.23 bits per heavy atom. The number of amides is 2. The van der Waals surface area contributed by atoms with Gasteiger partial charge in [0.15, 0.2) is 11.0 Å². The molecule has 0 aliphatic heterocycles. The minimum Gasteiger partial charge on any atom is -0.497 e. The fourth-order valence-corrected chi connectivity index (χ4v) is 4.51. The van der Waals surface area contributed by atoms with E-state index in [1.807, 2.05) is 0 Å². The van der Waals surface area contributed by atoms with Gasteiger partial charge in [-0.3, -0.25) is 14.2 Å². The zero-order chi connectivity index (χ0) is 28.5. The number of anilines is 1. The zero-order valence-electron chi connectivity index (χ0n) is 22.5. The molecule has 0 aliphatic rings. The summed E-state index contributed by atoms with van der Waals surface area (Å²) in [6.07, 6.45) is 0. The maximum absolute atomic E-state index is 12.9. The molecule has 2 amide bonds. The first-order valence-corrected chi connectivity index (χ1v) is 13.1. The van der Waals surface area contributed by atoms with Crippen molar-refractivity contribution in [2.75, 3.05) is 39.5 Å². The molecule has 1 heterocycles. The predicted octanol–water partition coefficient (Wildman–Crippen LogP) is 3.96. The van der Waals surface area contributed by atoms with Crippen LogP contribution in [0.2, 0.25) is 0 Å². The van der Waals surface area contributed by atoms with Gasteiger partial charge in [0, 0.05) is 17.3 Å². The lowest BCUT2D eigenvalue weighted by Gasteiger charge is -2.15. The van der Waals surface area contributed by atoms with Crippen LogP contribution >= 0.6 is 11.8 Å². The molecule has 0 bridgehead atoms. The molecule has 0 saturated carbocycles. The number of benzene rings is 3. The van der Waals surface area contributed by atoms with E-state index in [0.717, 1.165) is 0 Å². The van der Waals surface area contributed by atoms with E-state index >= 15 is 0 Å². The van der Waals surface area contributed by atoms with Crippen molar-refractivity contribution in [3.63, 3.8) is 0 Å². The third-order valence-electron chi connectivity index (χ3n) is 5.77. The van der Waals surface area contributed by atoms with Crippen LogP contribution in [0.4, 0.5) is 5.69 Å². The summed E-state index contributed by atoms with van der Waals surface area (Å²) in [6.45, 7) is 0.0576. The average Bonchev–Trinajstić information content (AvgIpc) is 3.41. The zero-order valence-corrected chi connectivity index (χ0v) is 23.3.